The van der Waals surface area contributed by atoms with E-state index in [0.717, 1.165) is 44.5 Å². The van der Waals surface area contributed by atoms with E-state index in [2.05, 4.69) is 40.7 Å². The molecule has 0 spiro atoms. The average Bonchev–Trinajstić information content (AvgIpc) is 2.45. The Morgan fingerprint density at radius 1 is 1.26 bits per heavy atom. The Morgan fingerprint density at radius 2 is 2.00 bits per heavy atom. The maximum absolute atomic E-state index is 4.70. The summed E-state index contributed by atoms with van der Waals surface area (Å²) in [7, 11) is 4.26. The van der Waals surface area contributed by atoms with Crippen molar-refractivity contribution in [2.45, 2.75) is 19.8 Å². The minimum absolute atomic E-state index is 0.869. The summed E-state index contributed by atoms with van der Waals surface area (Å²) < 4.78 is 0. The third-order valence-corrected chi connectivity index (χ3v) is 3.65. The van der Waals surface area contributed by atoms with Crippen molar-refractivity contribution in [1.82, 2.24) is 14.9 Å². The van der Waals surface area contributed by atoms with Crippen LogP contribution in [0.15, 0.2) is 12.3 Å². The molecule has 0 aromatic carbocycles. The van der Waals surface area contributed by atoms with Crippen molar-refractivity contribution >= 4 is 11.8 Å². The largest absolute Gasteiger partial charge is 0.360 e. The highest BCUT2D eigenvalue weighted by atomic mass is 15.3. The van der Waals surface area contributed by atoms with Gasteiger partial charge in [0.05, 0.1) is 0 Å². The highest BCUT2D eigenvalue weighted by molar-refractivity contribution is 5.43. The van der Waals surface area contributed by atoms with Crippen molar-refractivity contribution in [3.05, 3.63) is 12.3 Å². The smallest absolute Gasteiger partial charge is 0.227 e. The number of anilines is 2. The van der Waals surface area contributed by atoms with Crippen molar-refractivity contribution < 1.29 is 0 Å². The summed E-state index contributed by atoms with van der Waals surface area (Å²) in [5, 5.41) is 0. The molecule has 1 aromatic rings. The normalized spacial score (nSPS) is 16.7. The van der Waals surface area contributed by atoms with Crippen molar-refractivity contribution in [2.75, 3.05) is 56.6 Å². The maximum Gasteiger partial charge on any atom is 0.227 e. The van der Waals surface area contributed by atoms with Crippen LogP contribution in [0.4, 0.5) is 11.8 Å². The van der Waals surface area contributed by atoms with Gasteiger partial charge in [-0.15, -0.1) is 0 Å². The molecular formula is C14H25N5. The molecule has 0 unspecified atom stereocenters. The highest BCUT2D eigenvalue weighted by Crippen LogP contribution is 2.15. The van der Waals surface area contributed by atoms with Crippen LogP contribution in [0.5, 0.6) is 0 Å². The van der Waals surface area contributed by atoms with Crippen LogP contribution in [0.1, 0.15) is 19.8 Å². The fourth-order valence-electron chi connectivity index (χ4n) is 2.22. The summed E-state index contributed by atoms with van der Waals surface area (Å²) in [6, 6.07) is 2.00. The topological polar surface area (TPSA) is 35.5 Å². The fraction of sp³-hybridized carbons (Fsp3) is 0.714. The Hall–Kier alpha value is -1.36. The van der Waals surface area contributed by atoms with Crippen molar-refractivity contribution in [2.24, 2.45) is 0 Å². The van der Waals surface area contributed by atoms with Gasteiger partial charge < -0.3 is 14.7 Å². The molecule has 1 aromatic heterocycles. The molecule has 1 aliphatic heterocycles. The highest BCUT2D eigenvalue weighted by Gasteiger charge is 2.17. The predicted molar refractivity (Wildman–Crippen MR) is 79.9 cm³/mol. The number of nitrogens with zero attached hydrogens (tertiary/aromatic N) is 5. The third kappa shape index (κ3) is 3.80. The van der Waals surface area contributed by atoms with Gasteiger partial charge in [-0.25, -0.2) is 4.98 Å². The quantitative estimate of drug-likeness (QED) is 0.804. The second-order valence-corrected chi connectivity index (χ2v) is 5.28. The van der Waals surface area contributed by atoms with E-state index >= 15 is 0 Å². The summed E-state index contributed by atoms with van der Waals surface area (Å²) >= 11 is 0. The molecule has 1 fully saturated rings. The van der Waals surface area contributed by atoms with Crippen LogP contribution in [-0.4, -0.2) is 61.7 Å². The van der Waals surface area contributed by atoms with Crippen LogP contribution in [0.25, 0.3) is 0 Å². The number of aromatic nitrogens is 2. The lowest BCUT2D eigenvalue weighted by molar-refractivity contribution is 0.311. The van der Waals surface area contributed by atoms with Gasteiger partial charge in [0.15, 0.2) is 0 Å². The molecule has 0 N–H and O–H groups in total. The zero-order chi connectivity index (χ0) is 13.7. The van der Waals surface area contributed by atoms with Crippen LogP contribution in [-0.2, 0) is 0 Å². The first-order valence-electron chi connectivity index (χ1n) is 7.18. The first kappa shape index (κ1) is 14.1. The van der Waals surface area contributed by atoms with E-state index in [1.807, 2.05) is 12.3 Å². The van der Waals surface area contributed by atoms with Crippen LogP contribution in [0.2, 0.25) is 0 Å². The molecule has 2 rings (SSSR count). The molecule has 0 amide bonds. The minimum Gasteiger partial charge on any atom is -0.360 e. The molecule has 0 radical (unpaired) electrons. The van der Waals surface area contributed by atoms with Crippen LogP contribution < -0.4 is 9.80 Å². The summed E-state index contributed by atoms with van der Waals surface area (Å²) in [5.74, 6) is 1.89. The van der Waals surface area contributed by atoms with E-state index in [0.29, 0.717) is 0 Å². The van der Waals surface area contributed by atoms with Crippen molar-refractivity contribution in [3.63, 3.8) is 0 Å². The Kier molecular flexibility index (Phi) is 4.96. The number of rotatable bonds is 5. The number of piperazine rings is 1. The van der Waals surface area contributed by atoms with Gasteiger partial charge in [-0.2, -0.15) is 4.98 Å². The lowest BCUT2D eigenvalue weighted by atomic mass is 10.3. The zero-order valence-electron chi connectivity index (χ0n) is 12.3. The van der Waals surface area contributed by atoms with E-state index in [-0.39, 0.29) is 0 Å². The molecule has 19 heavy (non-hydrogen) atoms. The molecular weight excluding hydrogens is 238 g/mol. The number of likely N-dealkylation sites (N-methyl/N-ethyl adjacent to an activating group) is 1. The monoisotopic (exact) mass is 263 g/mol. The Balaban J connectivity index is 2.02. The molecule has 1 aliphatic rings. The minimum atomic E-state index is 0.869. The molecule has 5 heteroatoms. The molecule has 5 nitrogen and oxygen atoms in total. The van der Waals surface area contributed by atoms with Gasteiger partial charge in [0.1, 0.15) is 5.82 Å². The van der Waals surface area contributed by atoms with E-state index in [9.17, 15) is 0 Å². The molecule has 2 heterocycles. The van der Waals surface area contributed by atoms with Gasteiger partial charge in [-0.3, -0.25) is 0 Å². The molecule has 0 saturated carbocycles. The van der Waals surface area contributed by atoms with Gasteiger partial charge in [0.2, 0.25) is 5.95 Å². The second kappa shape index (κ2) is 6.70. The third-order valence-electron chi connectivity index (χ3n) is 3.65. The van der Waals surface area contributed by atoms with Crippen molar-refractivity contribution in [3.8, 4) is 0 Å². The summed E-state index contributed by atoms with van der Waals surface area (Å²) in [4.78, 5) is 15.9. The lowest BCUT2D eigenvalue weighted by Crippen LogP contribution is -2.45. The first-order valence-corrected chi connectivity index (χ1v) is 7.18. The second-order valence-electron chi connectivity index (χ2n) is 5.28. The Labute approximate surface area is 116 Å². The van der Waals surface area contributed by atoms with E-state index in [4.69, 9.17) is 4.98 Å². The Morgan fingerprint density at radius 3 is 2.68 bits per heavy atom. The van der Waals surface area contributed by atoms with E-state index in [1.165, 1.54) is 12.8 Å². The van der Waals surface area contributed by atoms with E-state index < -0.39 is 0 Å². The first-order chi connectivity index (χ1) is 9.20. The Bertz CT molecular complexity index is 387. The molecule has 0 bridgehead atoms. The molecule has 0 atom stereocenters. The van der Waals surface area contributed by atoms with Gasteiger partial charge in [0, 0.05) is 46.0 Å². The average molecular weight is 263 g/mol. The molecule has 0 aliphatic carbocycles. The van der Waals surface area contributed by atoms with Crippen LogP contribution in [0.3, 0.4) is 0 Å². The summed E-state index contributed by atoms with van der Waals surface area (Å²) in [6.07, 6.45) is 4.28. The standard InChI is InChI=1S/C14H25N5/c1-4-5-8-18(3)13-6-7-15-14(16-13)19-11-9-17(2)10-12-19/h6-7H,4-5,8-12H2,1-3H3. The van der Waals surface area contributed by atoms with Crippen LogP contribution >= 0.6 is 0 Å². The van der Waals surface area contributed by atoms with Gasteiger partial charge in [-0.05, 0) is 19.5 Å². The fourth-order valence-corrected chi connectivity index (χ4v) is 2.22. The summed E-state index contributed by atoms with van der Waals surface area (Å²) in [5.41, 5.74) is 0. The zero-order valence-corrected chi connectivity index (χ0v) is 12.3. The maximum atomic E-state index is 4.70. The van der Waals surface area contributed by atoms with Gasteiger partial charge >= 0.3 is 0 Å². The number of unbranched alkanes of at least 4 members (excludes halogenated alkanes) is 1. The SMILES string of the molecule is CCCCN(C)c1ccnc(N2CCN(C)CC2)n1. The predicted octanol–water partition coefficient (Wildman–Crippen LogP) is 1.46. The lowest BCUT2D eigenvalue weighted by Gasteiger charge is -2.32. The van der Waals surface area contributed by atoms with Gasteiger partial charge in [0.25, 0.3) is 0 Å². The van der Waals surface area contributed by atoms with E-state index in [1.54, 1.807) is 0 Å². The van der Waals surface area contributed by atoms with Crippen LogP contribution in [0, 0.1) is 0 Å². The number of hydrogen-bond acceptors (Lipinski definition) is 5. The summed E-state index contributed by atoms with van der Waals surface area (Å²) in [6.45, 7) is 7.45. The van der Waals surface area contributed by atoms with Gasteiger partial charge in [-0.1, -0.05) is 13.3 Å². The number of hydrogen-bond donors (Lipinski definition) is 0. The molecule has 106 valence electrons. The van der Waals surface area contributed by atoms with Crippen molar-refractivity contribution in [1.29, 1.82) is 0 Å². The molecule has 1 saturated heterocycles.